The molecule has 2 atom stereocenters. The second-order valence-corrected chi connectivity index (χ2v) is 4.26. The minimum atomic E-state index is -0.925. The Bertz CT molecular complexity index is 427. The Morgan fingerprint density at radius 2 is 2.41 bits per heavy atom. The Labute approximate surface area is 100 Å². The average Bonchev–Trinajstić information content (AvgIpc) is 2.72. The Morgan fingerprint density at radius 1 is 1.65 bits per heavy atom. The van der Waals surface area contributed by atoms with Crippen LogP contribution in [0, 0.1) is 0 Å². The van der Waals surface area contributed by atoms with Crippen LogP contribution in [0.4, 0.5) is 0 Å². The number of carboxylic acid groups (broad SMARTS) is 1. The van der Waals surface area contributed by atoms with Gasteiger partial charge in [-0.2, -0.15) is 0 Å². The molecular weight excluding hydrogens is 220 g/mol. The number of fused-ring (bicyclic) bond motifs is 1. The van der Waals surface area contributed by atoms with Gasteiger partial charge in [0.1, 0.15) is 11.5 Å². The highest BCUT2D eigenvalue weighted by molar-refractivity contribution is 5.74. The molecule has 1 aromatic rings. The number of rotatable bonds is 4. The number of ether oxygens (including phenoxy) is 2. The van der Waals surface area contributed by atoms with Crippen molar-refractivity contribution >= 4 is 5.97 Å². The summed E-state index contributed by atoms with van der Waals surface area (Å²) < 4.78 is 11.0. The molecule has 2 unspecified atom stereocenters. The molecule has 1 aliphatic heterocycles. The monoisotopic (exact) mass is 236 g/mol. The van der Waals surface area contributed by atoms with Crippen molar-refractivity contribution in [3.05, 3.63) is 23.8 Å². The first-order valence-electron chi connectivity index (χ1n) is 5.79. The summed E-state index contributed by atoms with van der Waals surface area (Å²) in [5.74, 6) is 0.424. The van der Waals surface area contributed by atoms with Crippen molar-refractivity contribution in [2.24, 2.45) is 0 Å². The lowest BCUT2D eigenvalue weighted by atomic mass is 10.1. The van der Waals surface area contributed by atoms with Gasteiger partial charge in [-0.3, -0.25) is 0 Å². The summed E-state index contributed by atoms with van der Waals surface area (Å²) in [6.07, 6.45) is 0.734. The summed E-state index contributed by atoms with van der Waals surface area (Å²) in [4.78, 5) is 10.8. The van der Waals surface area contributed by atoms with Gasteiger partial charge in [0.05, 0.1) is 6.10 Å². The first-order chi connectivity index (χ1) is 8.10. The predicted molar refractivity (Wildman–Crippen MR) is 62.6 cm³/mol. The van der Waals surface area contributed by atoms with Crippen molar-refractivity contribution in [2.75, 3.05) is 0 Å². The largest absolute Gasteiger partial charge is 0.491 e. The van der Waals surface area contributed by atoms with Gasteiger partial charge < -0.3 is 14.6 Å². The van der Waals surface area contributed by atoms with E-state index in [0.717, 1.165) is 17.7 Å². The van der Waals surface area contributed by atoms with Crippen molar-refractivity contribution in [3.63, 3.8) is 0 Å². The lowest BCUT2D eigenvalue weighted by Crippen LogP contribution is -2.24. The number of carbonyl (C=O) groups is 1. The van der Waals surface area contributed by atoms with Crippen LogP contribution in [-0.2, 0) is 11.2 Å². The van der Waals surface area contributed by atoms with E-state index in [0.29, 0.717) is 12.2 Å². The topological polar surface area (TPSA) is 55.8 Å². The van der Waals surface area contributed by atoms with Crippen molar-refractivity contribution in [3.8, 4) is 11.5 Å². The summed E-state index contributed by atoms with van der Waals surface area (Å²) >= 11 is 0. The molecule has 0 bridgehead atoms. The van der Waals surface area contributed by atoms with Crippen molar-refractivity contribution < 1.29 is 19.4 Å². The second-order valence-electron chi connectivity index (χ2n) is 4.26. The van der Waals surface area contributed by atoms with E-state index in [9.17, 15) is 4.79 Å². The maximum absolute atomic E-state index is 10.8. The number of aliphatic carboxylic acids is 1. The van der Waals surface area contributed by atoms with Gasteiger partial charge in [0.2, 0.25) is 0 Å². The second kappa shape index (κ2) is 4.65. The van der Waals surface area contributed by atoms with E-state index in [2.05, 4.69) is 6.92 Å². The molecule has 0 amide bonds. The summed E-state index contributed by atoms with van der Waals surface area (Å²) in [6, 6.07) is 5.50. The van der Waals surface area contributed by atoms with Crippen LogP contribution < -0.4 is 9.47 Å². The number of benzene rings is 1. The molecule has 1 aromatic carbocycles. The van der Waals surface area contributed by atoms with Crippen LogP contribution in [0.25, 0.3) is 0 Å². The van der Waals surface area contributed by atoms with Crippen molar-refractivity contribution in [1.29, 1.82) is 0 Å². The van der Waals surface area contributed by atoms with Gasteiger partial charge in [-0.05, 0) is 25.0 Å². The van der Waals surface area contributed by atoms with Gasteiger partial charge >= 0.3 is 5.97 Å². The van der Waals surface area contributed by atoms with Gasteiger partial charge in [0, 0.05) is 12.5 Å². The van der Waals surface area contributed by atoms with E-state index in [1.165, 1.54) is 0 Å². The van der Waals surface area contributed by atoms with Crippen LogP contribution in [0.5, 0.6) is 11.5 Å². The van der Waals surface area contributed by atoms with E-state index in [-0.39, 0.29) is 6.10 Å². The minimum Gasteiger partial charge on any atom is -0.491 e. The Morgan fingerprint density at radius 3 is 3.06 bits per heavy atom. The van der Waals surface area contributed by atoms with Crippen LogP contribution in [0.2, 0.25) is 0 Å². The molecule has 0 radical (unpaired) electrons. The van der Waals surface area contributed by atoms with Crippen molar-refractivity contribution in [2.45, 2.75) is 38.9 Å². The fourth-order valence-electron chi connectivity index (χ4n) is 1.73. The normalized spacial score (nSPS) is 19.3. The third-order valence-corrected chi connectivity index (χ3v) is 2.90. The molecule has 2 rings (SSSR count). The highest BCUT2D eigenvalue weighted by Crippen LogP contribution is 2.32. The molecule has 92 valence electrons. The quantitative estimate of drug-likeness (QED) is 0.871. The van der Waals surface area contributed by atoms with E-state index < -0.39 is 12.1 Å². The Balaban J connectivity index is 2.12. The van der Waals surface area contributed by atoms with Crippen LogP contribution in [-0.4, -0.2) is 23.3 Å². The fraction of sp³-hybridized carbons (Fsp3) is 0.462. The molecule has 0 fully saturated rings. The number of carboxylic acids is 1. The average molecular weight is 236 g/mol. The molecule has 1 aliphatic rings. The highest BCUT2D eigenvalue weighted by Gasteiger charge is 2.29. The molecule has 0 spiro atoms. The number of hydrogen-bond acceptors (Lipinski definition) is 3. The Hall–Kier alpha value is -1.71. The fourth-order valence-corrected chi connectivity index (χ4v) is 1.73. The maximum Gasteiger partial charge on any atom is 0.345 e. The summed E-state index contributed by atoms with van der Waals surface area (Å²) in [5, 5.41) is 8.88. The van der Waals surface area contributed by atoms with Crippen LogP contribution in [0.3, 0.4) is 0 Å². The SMILES string of the molecule is CCC(C)Oc1ccc2c(c1)OC(C(=O)O)C2. The molecular formula is C13H16O4. The summed E-state index contributed by atoms with van der Waals surface area (Å²) in [5.41, 5.74) is 0.925. The third-order valence-electron chi connectivity index (χ3n) is 2.90. The molecule has 4 heteroatoms. The zero-order chi connectivity index (χ0) is 12.4. The van der Waals surface area contributed by atoms with Gasteiger partial charge in [0.15, 0.2) is 6.10 Å². The molecule has 0 aromatic heterocycles. The number of hydrogen-bond donors (Lipinski definition) is 1. The van der Waals surface area contributed by atoms with E-state index in [1.54, 1.807) is 6.07 Å². The minimum absolute atomic E-state index is 0.143. The van der Waals surface area contributed by atoms with Gasteiger partial charge in [-0.25, -0.2) is 4.79 Å². The molecule has 0 saturated heterocycles. The summed E-state index contributed by atoms with van der Waals surface area (Å²) in [6.45, 7) is 4.04. The molecule has 17 heavy (non-hydrogen) atoms. The zero-order valence-corrected chi connectivity index (χ0v) is 9.97. The van der Waals surface area contributed by atoms with E-state index in [4.69, 9.17) is 14.6 Å². The lowest BCUT2D eigenvalue weighted by molar-refractivity contribution is -0.144. The van der Waals surface area contributed by atoms with Gasteiger partial charge in [-0.15, -0.1) is 0 Å². The Kier molecular flexibility index (Phi) is 3.22. The summed E-state index contributed by atoms with van der Waals surface area (Å²) in [7, 11) is 0. The van der Waals surface area contributed by atoms with E-state index >= 15 is 0 Å². The smallest absolute Gasteiger partial charge is 0.345 e. The molecule has 0 saturated carbocycles. The zero-order valence-electron chi connectivity index (χ0n) is 9.97. The van der Waals surface area contributed by atoms with Crippen LogP contribution in [0.15, 0.2) is 18.2 Å². The van der Waals surface area contributed by atoms with Crippen molar-refractivity contribution in [1.82, 2.24) is 0 Å². The predicted octanol–water partition coefficient (Wildman–Crippen LogP) is 2.25. The standard InChI is InChI=1S/C13H16O4/c1-3-8(2)16-10-5-4-9-6-12(13(14)15)17-11(9)7-10/h4-5,7-8,12H,3,6H2,1-2H3,(H,14,15). The maximum atomic E-state index is 10.8. The van der Waals surface area contributed by atoms with Gasteiger partial charge in [0.25, 0.3) is 0 Å². The molecule has 0 aliphatic carbocycles. The lowest BCUT2D eigenvalue weighted by Gasteiger charge is -2.13. The van der Waals surface area contributed by atoms with Crippen LogP contribution >= 0.6 is 0 Å². The molecule has 1 N–H and O–H groups in total. The highest BCUT2D eigenvalue weighted by atomic mass is 16.5. The van der Waals surface area contributed by atoms with E-state index in [1.807, 2.05) is 19.1 Å². The molecule has 4 nitrogen and oxygen atoms in total. The van der Waals surface area contributed by atoms with Crippen LogP contribution in [0.1, 0.15) is 25.8 Å². The van der Waals surface area contributed by atoms with Gasteiger partial charge in [-0.1, -0.05) is 13.0 Å². The first kappa shape index (κ1) is 11.8. The first-order valence-corrected chi connectivity index (χ1v) is 5.79. The third kappa shape index (κ3) is 2.52. The molecule has 1 heterocycles.